The summed E-state index contributed by atoms with van der Waals surface area (Å²) in [6, 6.07) is 0. The average Bonchev–Trinajstić information content (AvgIpc) is 2.34. The molecule has 1 aliphatic rings. The van der Waals surface area contributed by atoms with E-state index in [4.69, 9.17) is 15.9 Å². The van der Waals surface area contributed by atoms with Gasteiger partial charge < -0.3 is 10.5 Å². The van der Waals surface area contributed by atoms with Crippen LogP contribution in [0.2, 0.25) is 0 Å². The zero-order valence-corrected chi connectivity index (χ0v) is 5.79. The molecule has 0 aliphatic carbocycles. The van der Waals surface area contributed by atoms with E-state index in [0.717, 1.165) is 6.42 Å². The molecule has 1 rings (SSSR count). The van der Waals surface area contributed by atoms with Crippen molar-refractivity contribution in [1.29, 1.82) is 5.41 Å². The Kier molecular flexibility index (Phi) is 1.75. The largest absolute Gasteiger partial charge is 0.483 e. The first-order chi connectivity index (χ1) is 4.74. The van der Waals surface area contributed by atoms with Crippen molar-refractivity contribution in [2.75, 3.05) is 13.7 Å². The maximum Gasteiger partial charge on any atom is 0.209 e. The van der Waals surface area contributed by atoms with Gasteiger partial charge in [-0.25, -0.2) is 5.01 Å². The van der Waals surface area contributed by atoms with E-state index in [1.807, 2.05) is 0 Å². The predicted molar refractivity (Wildman–Crippen MR) is 37.7 cm³/mol. The van der Waals surface area contributed by atoms with Gasteiger partial charge in [0.25, 0.3) is 0 Å². The van der Waals surface area contributed by atoms with Crippen LogP contribution in [-0.2, 0) is 4.74 Å². The third-order valence-electron chi connectivity index (χ3n) is 1.28. The molecule has 0 saturated carbocycles. The Hall–Kier alpha value is -1.26. The number of nitrogens with zero attached hydrogens (tertiary/aromatic N) is 2. The molecule has 10 heavy (non-hydrogen) atoms. The van der Waals surface area contributed by atoms with Crippen LogP contribution < -0.4 is 5.73 Å². The second-order valence-electron chi connectivity index (χ2n) is 1.96. The molecule has 0 radical (unpaired) electrons. The van der Waals surface area contributed by atoms with E-state index in [1.54, 1.807) is 7.11 Å². The summed E-state index contributed by atoms with van der Waals surface area (Å²) in [4.78, 5) is 0. The Labute approximate surface area is 59.0 Å². The molecule has 0 amide bonds. The molecule has 0 saturated heterocycles. The highest BCUT2D eigenvalue weighted by Gasteiger charge is 2.15. The lowest BCUT2D eigenvalue weighted by Gasteiger charge is -2.07. The van der Waals surface area contributed by atoms with Crippen LogP contribution in [0.4, 0.5) is 0 Å². The zero-order valence-electron chi connectivity index (χ0n) is 5.79. The monoisotopic (exact) mass is 142 g/mol. The number of hydrogen-bond donors (Lipinski definition) is 2. The van der Waals surface area contributed by atoms with Gasteiger partial charge in [0.05, 0.1) is 13.7 Å². The van der Waals surface area contributed by atoms with Crippen LogP contribution >= 0.6 is 0 Å². The number of rotatable bonds is 0. The molecular formula is C5H10N4O. The molecule has 0 atom stereocenters. The van der Waals surface area contributed by atoms with E-state index < -0.39 is 0 Å². The molecule has 0 aromatic carbocycles. The number of methoxy groups -OCH3 is 1. The highest BCUT2D eigenvalue weighted by molar-refractivity contribution is 5.83. The minimum absolute atomic E-state index is 0.0351. The van der Waals surface area contributed by atoms with Crippen LogP contribution in [0.1, 0.15) is 6.42 Å². The van der Waals surface area contributed by atoms with Crippen LogP contribution in [0.3, 0.4) is 0 Å². The summed E-state index contributed by atoms with van der Waals surface area (Å²) in [5.41, 5.74) is 5.16. The van der Waals surface area contributed by atoms with E-state index in [0.29, 0.717) is 12.4 Å². The molecule has 0 aromatic heterocycles. The van der Waals surface area contributed by atoms with Crippen molar-refractivity contribution in [3.05, 3.63) is 0 Å². The summed E-state index contributed by atoms with van der Waals surface area (Å²) >= 11 is 0. The summed E-state index contributed by atoms with van der Waals surface area (Å²) in [5, 5.41) is 12.3. The van der Waals surface area contributed by atoms with E-state index in [1.165, 1.54) is 5.01 Å². The zero-order chi connectivity index (χ0) is 7.56. The van der Waals surface area contributed by atoms with Gasteiger partial charge in [-0.15, -0.1) is 5.10 Å². The minimum atomic E-state index is -0.0351. The summed E-state index contributed by atoms with van der Waals surface area (Å²) < 4.78 is 4.85. The number of hydrogen-bond acceptors (Lipinski definition) is 3. The lowest BCUT2D eigenvalue weighted by atomic mass is 10.4. The fraction of sp³-hybridized carbons (Fsp3) is 0.600. The van der Waals surface area contributed by atoms with Crippen molar-refractivity contribution < 1.29 is 4.74 Å². The van der Waals surface area contributed by atoms with Crippen molar-refractivity contribution >= 4 is 11.9 Å². The molecule has 56 valence electrons. The first-order valence-electron chi connectivity index (χ1n) is 2.97. The van der Waals surface area contributed by atoms with Gasteiger partial charge in [0.2, 0.25) is 11.9 Å². The maximum atomic E-state index is 7.00. The smallest absolute Gasteiger partial charge is 0.209 e. The highest BCUT2D eigenvalue weighted by Crippen LogP contribution is 2.04. The molecule has 0 bridgehead atoms. The number of nitrogens with two attached hydrogens (primary N) is 1. The summed E-state index contributed by atoms with van der Waals surface area (Å²) in [5.74, 6) is 0.599. The first-order valence-corrected chi connectivity index (χ1v) is 2.97. The maximum absolute atomic E-state index is 7.00. The molecule has 1 aliphatic heterocycles. The molecule has 1 heterocycles. The Morgan fingerprint density at radius 3 is 2.90 bits per heavy atom. The van der Waals surface area contributed by atoms with Crippen LogP contribution in [0, 0.1) is 5.41 Å². The Morgan fingerprint density at radius 2 is 2.60 bits per heavy atom. The van der Waals surface area contributed by atoms with E-state index in [9.17, 15) is 0 Å². The van der Waals surface area contributed by atoms with Gasteiger partial charge >= 0.3 is 0 Å². The average molecular weight is 142 g/mol. The number of hydrazone groups is 1. The van der Waals surface area contributed by atoms with Crippen molar-refractivity contribution in [3.63, 3.8) is 0 Å². The fourth-order valence-electron chi connectivity index (χ4n) is 0.753. The Bertz CT molecular complexity index is 176. The van der Waals surface area contributed by atoms with Crippen molar-refractivity contribution in [2.24, 2.45) is 10.8 Å². The van der Waals surface area contributed by atoms with E-state index in [2.05, 4.69) is 5.10 Å². The fourth-order valence-corrected chi connectivity index (χ4v) is 0.753. The third-order valence-corrected chi connectivity index (χ3v) is 1.28. The lowest BCUT2D eigenvalue weighted by Crippen LogP contribution is -2.29. The molecular weight excluding hydrogens is 132 g/mol. The highest BCUT2D eigenvalue weighted by atomic mass is 16.5. The summed E-state index contributed by atoms with van der Waals surface area (Å²) in [7, 11) is 1.56. The van der Waals surface area contributed by atoms with Crippen LogP contribution in [0.25, 0.3) is 0 Å². The van der Waals surface area contributed by atoms with Gasteiger partial charge in [-0.3, -0.25) is 5.41 Å². The Morgan fingerprint density at radius 1 is 1.90 bits per heavy atom. The minimum Gasteiger partial charge on any atom is -0.483 e. The number of ether oxygens (including phenoxy) is 1. The molecule has 5 heteroatoms. The summed E-state index contributed by atoms with van der Waals surface area (Å²) in [6.45, 7) is 0.651. The van der Waals surface area contributed by atoms with E-state index in [-0.39, 0.29) is 5.96 Å². The van der Waals surface area contributed by atoms with Crippen molar-refractivity contribution in [1.82, 2.24) is 5.01 Å². The Balaban J connectivity index is 2.55. The predicted octanol–water partition coefficient (Wildman–Crippen LogP) is -0.455. The van der Waals surface area contributed by atoms with Crippen LogP contribution in [-0.4, -0.2) is 30.5 Å². The second-order valence-corrected chi connectivity index (χ2v) is 1.96. The van der Waals surface area contributed by atoms with Crippen LogP contribution in [0.15, 0.2) is 5.10 Å². The van der Waals surface area contributed by atoms with Gasteiger partial charge in [-0.05, 0) is 0 Å². The second kappa shape index (κ2) is 2.55. The quantitative estimate of drug-likeness (QED) is 0.355. The van der Waals surface area contributed by atoms with Gasteiger partial charge in [-0.2, -0.15) is 0 Å². The number of nitrogens with one attached hydrogen (secondary N) is 1. The van der Waals surface area contributed by atoms with Crippen molar-refractivity contribution in [3.8, 4) is 0 Å². The third kappa shape index (κ3) is 1.18. The molecule has 0 unspecified atom stereocenters. The molecule has 3 N–H and O–H groups in total. The molecule has 0 fully saturated rings. The SMILES string of the molecule is COC1=NN(C(=N)N)CC1. The topological polar surface area (TPSA) is 74.7 Å². The lowest BCUT2D eigenvalue weighted by molar-refractivity contribution is 0.393. The van der Waals surface area contributed by atoms with Gasteiger partial charge in [-0.1, -0.05) is 0 Å². The molecule has 0 spiro atoms. The standard InChI is InChI=1S/C5H10N4O/c1-10-4-2-3-9(8-4)5(6)7/h2-3H2,1H3,(H3,6,7). The molecule has 0 aromatic rings. The first kappa shape index (κ1) is 6.85. The van der Waals surface area contributed by atoms with Gasteiger partial charge in [0.15, 0.2) is 0 Å². The van der Waals surface area contributed by atoms with Crippen LogP contribution in [0.5, 0.6) is 0 Å². The van der Waals surface area contributed by atoms with Crippen molar-refractivity contribution in [2.45, 2.75) is 6.42 Å². The van der Waals surface area contributed by atoms with Gasteiger partial charge in [0.1, 0.15) is 0 Å². The summed E-state index contributed by atoms with van der Waals surface area (Å²) in [6.07, 6.45) is 0.732. The van der Waals surface area contributed by atoms with Gasteiger partial charge in [0, 0.05) is 6.42 Å². The number of guanidine groups is 1. The normalized spacial score (nSPS) is 16.9. The van der Waals surface area contributed by atoms with E-state index >= 15 is 0 Å². The molecule has 5 nitrogen and oxygen atoms in total.